The molecular weight excluding hydrogens is 280 g/mol. The molecule has 0 aliphatic rings. The SMILES string of the molecule is COC(=O)c1cc2c(-c3ccc(CN)c(C)c3)cnnn2c1. The van der Waals surface area contributed by atoms with Crippen LogP contribution in [0.15, 0.2) is 36.7 Å². The van der Waals surface area contributed by atoms with Gasteiger partial charge in [-0.15, -0.1) is 5.10 Å². The molecule has 6 heteroatoms. The molecule has 2 aromatic heterocycles. The van der Waals surface area contributed by atoms with Gasteiger partial charge in [-0.25, -0.2) is 9.31 Å². The number of nitrogens with zero attached hydrogens (tertiary/aromatic N) is 3. The maximum absolute atomic E-state index is 11.7. The van der Waals surface area contributed by atoms with Gasteiger partial charge < -0.3 is 10.5 Å². The number of ether oxygens (including phenoxy) is 1. The van der Waals surface area contributed by atoms with Crippen molar-refractivity contribution in [2.24, 2.45) is 5.73 Å². The lowest BCUT2D eigenvalue weighted by Crippen LogP contribution is -2.00. The number of fused-ring (bicyclic) bond motifs is 1. The van der Waals surface area contributed by atoms with Crippen LogP contribution in [0.1, 0.15) is 21.5 Å². The number of benzene rings is 1. The fourth-order valence-electron chi connectivity index (χ4n) is 2.48. The predicted octanol–water partition coefficient (Wildman–Crippen LogP) is 1.95. The fraction of sp³-hybridized carbons (Fsp3) is 0.188. The van der Waals surface area contributed by atoms with Crippen molar-refractivity contribution in [1.29, 1.82) is 0 Å². The number of aryl methyl sites for hydroxylation is 1. The molecule has 0 unspecified atom stereocenters. The van der Waals surface area contributed by atoms with Crippen LogP contribution in [0, 0.1) is 6.92 Å². The smallest absolute Gasteiger partial charge is 0.339 e. The fourth-order valence-corrected chi connectivity index (χ4v) is 2.48. The van der Waals surface area contributed by atoms with Gasteiger partial charge in [0.25, 0.3) is 0 Å². The largest absolute Gasteiger partial charge is 0.465 e. The lowest BCUT2D eigenvalue weighted by atomic mass is 10.0. The summed E-state index contributed by atoms with van der Waals surface area (Å²) in [5.74, 6) is -0.397. The third-order valence-electron chi connectivity index (χ3n) is 3.71. The van der Waals surface area contributed by atoms with Crippen LogP contribution < -0.4 is 5.73 Å². The molecule has 6 nitrogen and oxygen atoms in total. The van der Waals surface area contributed by atoms with Crippen molar-refractivity contribution in [1.82, 2.24) is 14.8 Å². The van der Waals surface area contributed by atoms with Gasteiger partial charge in [0.1, 0.15) is 0 Å². The summed E-state index contributed by atoms with van der Waals surface area (Å²) in [4.78, 5) is 11.7. The Morgan fingerprint density at radius 2 is 2.18 bits per heavy atom. The van der Waals surface area contributed by atoms with Gasteiger partial charge in [0.2, 0.25) is 0 Å². The van der Waals surface area contributed by atoms with E-state index >= 15 is 0 Å². The number of hydrogen-bond acceptors (Lipinski definition) is 5. The van der Waals surface area contributed by atoms with Crippen LogP contribution in [0.25, 0.3) is 16.6 Å². The predicted molar refractivity (Wildman–Crippen MR) is 82.4 cm³/mol. The number of methoxy groups -OCH3 is 1. The molecule has 3 rings (SSSR count). The van der Waals surface area contributed by atoms with E-state index in [0.717, 1.165) is 27.8 Å². The van der Waals surface area contributed by atoms with Crippen molar-refractivity contribution in [3.05, 3.63) is 53.3 Å². The Balaban J connectivity index is 2.16. The minimum atomic E-state index is -0.397. The molecule has 0 fully saturated rings. The quantitative estimate of drug-likeness (QED) is 0.747. The third kappa shape index (κ3) is 2.33. The van der Waals surface area contributed by atoms with Gasteiger partial charge in [0.05, 0.1) is 24.4 Å². The van der Waals surface area contributed by atoms with Crippen molar-refractivity contribution >= 4 is 11.5 Å². The Morgan fingerprint density at radius 3 is 2.86 bits per heavy atom. The van der Waals surface area contributed by atoms with Crippen LogP contribution in [0.4, 0.5) is 0 Å². The zero-order valence-corrected chi connectivity index (χ0v) is 12.4. The molecule has 3 aromatic rings. The summed E-state index contributed by atoms with van der Waals surface area (Å²) in [5.41, 5.74) is 11.1. The van der Waals surface area contributed by atoms with Crippen molar-refractivity contribution in [3.63, 3.8) is 0 Å². The van der Waals surface area contributed by atoms with Crippen LogP contribution in [0.2, 0.25) is 0 Å². The zero-order chi connectivity index (χ0) is 15.7. The van der Waals surface area contributed by atoms with E-state index < -0.39 is 5.97 Å². The van der Waals surface area contributed by atoms with Crippen molar-refractivity contribution in [2.75, 3.05) is 7.11 Å². The Morgan fingerprint density at radius 1 is 1.36 bits per heavy atom. The molecule has 0 saturated carbocycles. The molecule has 0 amide bonds. The molecule has 0 bridgehead atoms. The summed E-state index contributed by atoms with van der Waals surface area (Å²) >= 11 is 0. The van der Waals surface area contributed by atoms with Crippen LogP contribution in [-0.4, -0.2) is 27.9 Å². The van der Waals surface area contributed by atoms with Crippen LogP contribution in [0.3, 0.4) is 0 Å². The number of carbonyl (C=O) groups is 1. The molecule has 112 valence electrons. The first-order valence-electron chi connectivity index (χ1n) is 6.86. The van der Waals surface area contributed by atoms with Crippen LogP contribution >= 0.6 is 0 Å². The van der Waals surface area contributed by atoms with Crippen molar-refractivity contribution in [2.45, 2.75) is 13.5 Å². The summed E-state index contributed by atoms with van der Waals surface area (Å²) < 4.78 is 6.32. The van der Waals surface area contributed by atoms with E-state index in [1.165, 1.54) is 7.11 Å². The second-order valence-electron chi connectivity index (χ2n) is 5.04. The lowest BCUT2D eigenvalue weighted by Gasteiger charge is -2.07. The Bertz CT molecular complexity index is 854. The number of nitrogens with two attached hydrogens (primary N) is 1. The number of aromatic nitrogens is 3. The molecule has 22 heavy (non-hydrogen) atoms. The Hall–Kier alpha value is -2.73. The molecule has 0 aliphatic heterocycles. The number of carbonyl (C=O) groups excluding carboxylic acids is 1. The third-order valence-corrected chi connectivity index (χ3v) is 3.71. The van der Waals surface area contributed by atoms with E-state index in [0.29, 0.717) is 12.1 Å². The molecule has 2 heterocycles. The van der Waals surface area contributed by atoms with Gasteiger partial charge in [-0.3, -0.25) is 0 Å². The van der Waals surface area contributed by atoms with E-state index in [1.54, 1.807) is 23.0 Å². The number of rotatable bonds is 3. The lowest BCUT2D eigenvalue weighted by molar-refractivity contribution is 0.0601. The van der Waals surface area contributed by atoms with Gasteiger partial charge in [0.15, 0.2) is 0 Å². The highest BCUT2D eigenvalue weighted by Gasteiger charge is 2.13. The van der Waals surface area contributed by atoms with Crippen molar-refractivity contribution in [3.8, 4) is 11.1 Å². The van der Waals surface area contributed by atoms with E-state index in [4.69, 9.17) is 10.5 Å². The highest BCUT2D eigenvalue weighted by molar-refractivity contribution is 5.93. The monoisotopic (exact) mass is 296 g/mol. The topological polar surface area (TPSA) is 82.5 Å². The van der Waals surface area contributed by atoms with E-state index in [1.807, 2.05) is 19.1 Å². The summed E-state index contributed by atoms with van der Waals surface area (Å²) in [6.45, 7) is 2.53. The number of hydrogen-bond donors (Lipinski definition) is 1. The Kier molecular flexibility index (Phi) is 3.60. The molecule has 0 aliphatic carbocycles. The van der Waals surface area contributed by atoms with Gasteiger partial charge in [-0.1, -0.05) is 23.4 Å². The second kappa shape index (κ2) is 5.57. The van der Waals surface area contributed by atoms with E-state index in [-0.39, 0.29) is 0 Å². The minimum absolute atomic E-state index is 0.397. The van der Waals surface area contributed by atoms with Gasteiger partial charge in [-0.2, -0.15) is 0 Å². The normalized spacial score (nSPS) is 10.9. The zero-order valence-electron chi connectivity index (χ0n) is 12.4. The first kappa shape index (κ1) is 14.2. The molecule has 2 N–H and O–H groups in total. The Labute approximate surface area is 127 Å². The van der Waals surface area contributed by atoms with E-state index in [9.17, 15) is 4.79 Å². The molecular formula is C16H16N4O2. The molecule has 0 spiro atoms. The first-order chi connectivity index (χ1) is 10.6. The summed E-state index contributed by atoms with van der Waals surface area (Å²) in [5, 5.41) is 8.00. The molecule has 0 saturated heterocycles. The molecule has 0 radical (unpaired) electrons. The standard InChI is InChI=1S/C16H16N4O2/c1-10-5-11(3-4-12(10)7-17)14-8-18-19-20-9-13(6-15(14)20)16(21)22-2/h3-6,8-9H,7,17H2,1-2H3. The molecule has 0 atom stereocenters. The van der Waals surface area contributed by atoms with Crippen molar-refractivity contribution < 1.29 is 9.53 Å². The summed E-state index contributed by atoms with van der Waals surface area (Å²) in [6.07, 6.45) is 3.30. The average Bonchev–Trinajstić information content (AvgIpc) is 2.98. The molecule has 1 aromatic carbocycles. The highest BCUT2D eigenvalue weighted by atomic mass is 16.5. The second-order valence-corrected chi connectivity index (χ2v) is 5.04. The maximum Gasteiger partial charge on any atom is 0.339 e. The minimum Gasteiger partial charge on any atom is -0.465 e. The summed E-state index contributed by atoms with van der Waals surface area (Å²) in [6, 6.07) is 7.81. The van der Waals surface area contributed by atoms with E-state index in [2.05, 4.69) is 16.4 Å². The van der Waals surface area contributed by atoms with Gasteiger partial charge in [0, 0.05) is 18.3 Å². The first-order valence-corrected chi connectivity index (χ1v) is 6.86. The highest BCUT2D eigenvalue weighted by Crippen LogP contribution is 2.26. The van der Waals surface area contributed by atoms with Gasteiger partial charge >= 0.3 is 5.97 Å². The van der Waals surface area contributed by atoms with Crippen LogP contribution in [-0.2, 0) is 11.3 Å². The average molecular weight is 296 g/mol. The number of esters is 1. The van der Waals surface area contributed by atoms with Gasteiger partial charge in [-0.05, 0) is 29.7 Å². The summed E-state index contributed by atoms with van der Waals surface area (Å²) in [7, 11) is 1.35. The maximum atomic E-state index is 11.7. The van der Waals surface area contributed by atoms with Crippen LogP contribution in [0.5, 0.6) is 0 Å².